The molecule has 0 spiro atoms. The van der Waals surface area contributed by atoms with E-state index in [2.05, 4.69) is 44.0 Å². The highest BCUT2D eigenvalue weighted by Gasteiger charge is 2.09. The van der Waals surface area contributed by atoms with Crippen LogP contribution in [0.5, 0.6) is 0 Å². The number of furan rings is 1. The fourth-order valence-corrected chi connectivity index (χ4v) is 2.05. The van der Waals surface area contributed by atoms with Gasteiger partial charge in [-0.1, -0.05) is 27.7 Å². The van der Waals surface area contributed by atoms with Gasteiger partial charge in [0.1, 0.15) is 5.76 Å². The van der Waals surface area contributed by atoms with Gasteiger partial charge in [0.25, 0.3) is 0 Å². The molecular weight excluding hydrogens is 224 g/mol. The van der Waals surface area contributed by atoms with E-state index < -0.39 is 0 Å². The quantitative estimate of drug-likeness (QED) is 0.684. The zero-order chi connectivity index (χ0) is 13.4. The molecule has 0 aliphatic carbocycles. The average Bonchev–Trinajstić information content (AvgIpc) is 2.76. The molecule has 18 heavy (non-hydrogen) atoms. The minimum atomic E-state index is 0.700. The van der Waals surface area contributed by atoms with Gasteiger partial charge in [0.2, 0.25) is 0 Å². The molecule has 0 atom stereocenters. The predicted octanol–water partition coefficient (Wildman–Crippen LogP) is 3.26. The molecule has 0 aliphatic rings. The van der Waals surface area contributed by atoms with Crippen molar-refractivity contribution >= 4 is 0 Å². The molecule has 0 unspecified atom stereocenters. The van der Waals surface area contributed by atoms with Gasteiger partial charge in [-0.15, -0.1) is 0 Å². The van der Waals surface area contributed by atoms with E-state index >= 15 is 0 Å². The Kier molecular flexibility index (Phi) is 7.06. The Balaban J connectivity index is 2.41. The first-order valence-electron chi connectivity index (χ1n) is 7.15. The van der Waals surface area contributed by atoms with E-state index in [1.807, 2.05) is 6.26 Å². The molecule has 0 bridgehead atoms. The Hall–Kier alpha value is -0.800. The van der Waals surface area contributed by atoms with E-state index in [1.54, 1.807) is 0 Å². The molecule has 1 rings (SSSR count). The van der Waals surface area contributed by atoms with Gasteiger partial charge in [0.15, 0.2) is 0 Å². The van der Waals surface area contributed by atoms with Crippen molar-refractivity contribution in [1.82, 2.24) is 10.2 Å². The van der Waals surface area contributed by atoms with Crippen molar-refractivity contribution in [2.24, 2.45) is 5.92 Å². The normalized spacial score (nSPS) is 11.7. The minimum Gasteiger partial charge on any atom is -0.468 e. The van der Waals surface area contributed by atoms with E-state index in [4.69, 9.17) is 4.42 Å². The minimum absolute atomic E-state index is 0.700. The van der Waals surface area contributed by atoms with Crippen molar-refractivity contribution in [2.45, 2.75) is 47.2 Å². The maximum Gasteiger partial charge on any atom is 0.118 e. The summed E-state index contributed by atoms with van der Waals surface area (Å²) in [5.74, 6) is 1.77. The summed E-state index contributed by atoms with van der Waals surface area (Å²) in [5.41, 5.74) is 1.25. The number of rotatable bonds is 9. The fraction of sp³-hybridized carbons (Fsp3) is 0.733. The molecular formula is C15H28N2O. The van der Waals surface area contributed by atoms with Crippen molar-refractivity contribution < 1.29 is 4.42 Å². The summed E-state index contributed by atoms with van der Waals surface area (Å²) in [6.07, 6.45) is 3.05. The van der Waals surface area contributed by atoms with Crippen molar-refractivity contribution in [2.75, 3.05) is 19.6 Å². The molecule has 1 aromatic rings. The molecule has 0 aliphatic heterocycles. The monoisotopic (exact) mass is 252 g/mol. The maximum atomic E-state index is 5.63. The van der Waals surface area contributed by atoms with Gasteiger partial charge in [-0.05, 0) is 31.5 Å². The number of hydrogen-bond acceptors (Lipinski definition) is 3. The van der Waals surface area contributed by atoms with Crippen LogP contribution in [0, 0.1) is 5.92 Å². The Labute approximate surface area is 112 Å². The van der Waals surface area contributed by atoms with Crippen LogP contribution in [0.1, 0.15) is 45.4 Å². The van der Waals surface area contributed by atoms with Crippen molar-refractivity contribution in [1.29, 1.82) is 0 Å². The summed E-state index contributed by atoms with van der Waals surface area (Å²) in [6.45, 7) is 14.0. The first-order chi connectivity index (χ1) is 8.65. The molecule has 0 saturated carbocycles. The lowest BCUT2D eigenvalue weighted by Crippen LogP contribution is -2.26. The SMILES string of the molecule is CCCNCc1coc(CN(CC)CC(C)C)c1. The van der Waals surface area contributed by atoms with Crippen LogP contribution in [0.4, 0.5) is 0 Å². The van der Waals surface area contributed by atoms with Crippen LogP contribution in [-0.4, -0.2) is 24.5 Å². The standard InChI is InChI=1S/C15H28N2O/c1-5-7-16-9-14-8-15(18-12-14)11-17(6-2)10-13(3)4/h8,12-13,16H,5-7,9-11H2,1-4H3. The number of nitrogens with zero attached hydrogens (tertiary/aromatic N) is 1. The second kappa shape index (κ2) is 8.33. The van der Waals surface area contributed by atoms with Crippen LogP contribution >= 0.6 is 0 Å². The van der Waals surface area contributed by atoms with Crippen molar-refractivity contribution in [3.63, 3.8) is 0 Å². The van der Waals surface area contributed by atoms with Gasteiger partial charge in [-0.25, -0.2) is 0 Å². The molecule has 0 saturated heterocycles. The van der Waals surface area contributed by atoms with Crippen LogP contribution in [0.15, 0.2) is 16.7 Å². The molecule has 0 amide bonds. The van der Waals surface area contributed by atoms with Gasteiger partial charge in [0, 0.05) is 18.7 Å². The number of nitrogens with one attached hydrogen (secondary N) is 1. The van der Waals surface area contributed by atoms with Crippen LogP contribution in [-0.2, 0) is 13.1 Å². The lowest BCUT2D eigenvalue weighted by atomic mass is 10.2. The highest BCUT2D eigenvalue weighted by atomic mass is 16.3. The van der Waals surface area contributed by atoms with Gasteiger partial charge >= 0.3 is 0 Å². The average molecular weight is 252 g/mol. The van der Waals surface area contributed by atoms with E-state index in [0.29, 0.717) is 5.92 Å². The molecule has 0 radical (unpaired) electrons. The third-order valence-electron chi connectivity index (χ3n) is 2.91. The van der Waals surface area contributed by atoms with Gasteiger partial charge < -0.3 is 9.73 Å². The molecule has 1 heterocycles. The van der Waals surface area contributed by atoms with Gasteiger partial charge in [-0.3, -0.25) is 4.90 Å². The Morgan fingerprint density at radius 3 is 2.72 bits per heavy atom. The topological polar surface area (TPSA) is 28.4 Å². The second-order valence-electron chi connectivity index (χ2n) is 5.32. The molecule has 1 N–H and O–H groups in total. The van der Waals surface area contributed by atoms with Gasteiger partial charge in [0.05, 0.1) is 12.8 Å². The lowest BCUT2D eigenvalue weighted by Gasteiger charge is -2.20. The highest BCUT2D eigenvalue weighted by molar-refractivity contribution is 5.12. The Morgan fingerprint density at radius 2 is 2.11 bits per heavy atom. The summed E-state index contributed by atoms with van der Waals surface area (Å²) >= 11 is 0. The summed E-state index contributed by atoms with van der Waals surface area (Å²) in [6, 6.07) is 2.17. The van der Waals surface area contributed by atoms with Crippen LogP contribution in [0.25, 0.3) is 0 Å². The van der Waals surface area contributed by atoms with Gasteiger partial charge in [-0.2, -0.15) is 0 Å². The van der Waals surface area contributed by atoms with Crippen LogP contribution in [0.3, 0.4) is 0 Å². The Morgan fingerprint density at radius 1 is 1.33 bits per heavy atom. The summed E-state index contributed by atoms with van der Waals surface area (Å²) in [7, 11) is 0. The van der Waals surface area contributed by atoms with E-state index in [1.165, 1.54) is 12.0 Å². The molecule has 104 valence electrons. The third kappa shape index (κ3) is 5.69. The van der Waals surface area contributed by atoms with Crippen molar-refractivity contribution in [3.05, 3.63) is 23.7 Å². The third-order valence-corrected chi connectivity index (χ3v) is 2.91. The zero-order valence-corrected chi connectivity index (χ0v) is 12.3. The first-order valence-corrected chi connectivity index (χ1v) is 7.15. The molecule has 0 aromatic carbocycles. The van der Waals surface area contributed by atoms with E-state index in [0.717, 1.165) is 38.5 Å². The van der Waals surface area contributed by atoms with Crippen LogP contribution < -0.4 is 5.32 Å². The first kappa shape index (κ1) is 15.3. The highest BCUT2D eigenvalue weighted by Crippen LogP contribution is 2.11. The number of hydrogen-bond donors (Lipinski definition) is 1. The molecule has 1 aromatic heterocycles. The Bertz CT molecular complexity index is 320. The molecule has 3 nitrogen and oxygen atoms in total. The summed E-state index contributed by atoms with van der Waals surface area (Å²) < 4.78 is 5.63. The van der Waals surface area contributed by atoms with E-state index in [9.17, 15) is 0 Å². The van der Waals surface area contributed by atoms with E-state index in [-0.39, 0.29) is 0 Å². The predicted molar refractivity (Wildman–Crippen MR) is 76.5 cm³/mol. The maximum absolute atomic E-state index is 5.63. The lowest BCUT2D eigenvalue weighted by molar-refractivity contribution is 0.229. The fourth-order valence-electron chi connectivity index (χ4n) is 2.05. The summed E-state index contributed by atoms with van der Waals surface area (Å²) in [5, 5.41) is 3.39. The van der Waals surface area contributed by atoms with Crippen LogP contribution in [0.2, 0.25) is 0 Å². The smallest absolute Gasteiger partial charge is 0.118 e. The largest absolute Gasteiger partial charge is 0.468 e. The van der Waals surface area contributed by atoms with Crippen molar-refractivity contribution in [3.8, 4) is 0 Å². The summed E-state index contributed by atoms with van der Waals surface area (Å²) in [4.78, 5) is 2.42. The molecule has 3 heteroatoms. The second-order valence-corrected chi connectivity index (χ2v) is 5.32. The molecule has 0 fully saturated rings. The zero-order valence-electron chi connectivity index (χ0n) is 12.3.